The highest BCUT2D eigenvalue weighted by atomic mass is 79.9. The molecule has 0 aliphatic heterocycles. The summed E-state index contributed by atoms with van der Waals surface area (Å²) in [5.74, 6) is 0. The molecule has 2 aromatic rings. The van der Waals surface area contributed by atoms with Crippen molar-refractivity contribution in [2.24, 2.45) is 0 Å². The molecule has 3 heteroatoms. The Labute approximate surface area is 129 Å². The Kier molecular flexibility index (Phi) is 5.32. The van der Waals surface area contributed by atoms with Crippen molar-refractivity contribution in [3.05, 3.63) is 63.4 Å². The zero-order chi connectivity index (χ0) is 14.5. The smallest absolute Gasteiger partial charge is 0.0595 e. The van der Waals surface area contributed by atoms with E-state index in [0.717, 1.165) is 17.4 Å². The Morgan fingerprint density at radius 2 is 2.00 bits per heavy atom. The maximum absolute atomic E-state index is 4.34. The molecule has 0 aliphatic carbocycles. The van der Waals surface area contributed by atoms with Gasteiger partial charge in [0.15, 0.2) is 0 Å². The fourth-order valence-corrected chi connectivity index (χ4v) is 2.73. The number of aryl methyl sites for hydroxylation is 2. The topological polar surface area (TPSA) is 24.9 Å². The molecular weight excluding hydrogens is 312 g/mol. The predicted molar refractivity (Wildman–Crippen MR) is 88.0 cm³/mol. The summed E-state index contributed by atoms with van der Waals surface area (Å²) in [5.41, 5.74) is 5.02. The number of halogens is 1. The predicted octanol–water partition coefficient (Wildman–Crippen LogP) is 4.55. The van der Waals surface area contributed by atoms with Crippen molar-refractivity contribution in [2.75, 3.05) is 6.54 Å². The molecule has 1 heterocycles. The molecule has 1 aromatic heterocycles. The standard InChI is InChI=1S/C17H21BrN2/c1-4-7-20-17(14-8-12(2)10-19-11-14)16-9-15(18)6-5-13(16)3/h5-6,8-11,17,20H,4,7H2,1-3H3. The van der Waals surface area contributed by atoms with Crippen LogP contribution in [0.2, 0.25) is 0 Å². The Morgan fingerprint density at radius 1 is 1.20 bits per heavy atom. The van der Waals surface area contributed by atoms with Crippen LogP contribution in [0.5, 0.6) is 0 Å². The lowest BCUT2D eigenvalue weighted by Crippen LogP contribution is -2.24. The summed E-state index contributed by atoms with van der Waals surface area (Å²) in [6.45, 7) is 7.42. The Bertz CT molecular complexity index is 581. The van der Waals surface area contributed by atoms with Gasteiger partial charge in [0.1, 0.15) is 0 Å². The Morgan fingerprint density at radius 3 is 2.70 bits per heavy atom. The molecular formula is C17H21BrN2. The summed E-state index contributed by atoms with van der Waals surface area (Å²) in [5, 5.41) is 3.64. The van der Waals surface area contributed by atoms with E-state index in [9.17, 15) is 0 Å². The molecule has 0 spiro atoms. The summed E-state index contributed by atoms with van der Waals surface area (Å²) in [6, 6.07) is 8.85. The zero-order valence-electron chi connectivity index (χ0n) is 12.3. The van der Waals surface area contributed by atoms with Gasteiger partial charge >= 0.3 is 0 Å². The number of hydrogen-bond acceptors (Lipinski definition) is 2. The number of hydrogen-bond donors (Lipinski definition) is 1. The van der Waals surface area contributed by atoms with Crippen LogP contribution in [0.4, 0.5) is 0 Å². The SMILES string of the molecule is CCCNC(c1cncc(C)c1)c1cc(Br)ccc1C. The zero-order valence-corrected chi connectivity index (χ0v) is 13.9. The normalized spacial score (nSPS) is 12.4. The molecule has 2 nitrogen and oxygen atoms in total. The summed E-state index contributed by atoms with van der Waals surface area (Å²) < 4.78 is 1.11. The van der Waals surface area contributed by atoms with Crippen LogP contribution in [0.25, 0.3) is 0 Å². The molecule has 0 saturated carbocycles. The quantitative estimate of drug-likeness (QED) is 0.868. The van der Waals surface area contributed by atoms with Crippen molar-refractivity contribution in [2.45, 2.75) is 33.2 Å². The van der Waals surface area contributed by atoms with E-state index in [0.29, 0.717) is 0 Å². The molecule has 0 amide bonds. The van der Waals surface area contributed by atoms with Gasteiger partial charge in [-0.1, -0.05) is 35.0 Å². The lowest BCUT2D eigenvalue weighted by molar-refractivity contribution is 0.594. The van der Waals surface area contributed by atoms with E-state index in [2.05, 4.69) is 71.3 Å². The van der Waals surface area contributed by atoms with Crippen molar-refractivity contribution in [1.82, 2.24) is 10.3 Å². The Hall–Kier alpha value is -1.19. The van der Waals surface area contributed by atoms with Crippen LogP contribution in [-0.2, 0) is 0 Å². The second-order valence-corrected chi connectivity index (χ2v) is 6.10. The number of aromatic nitrogens is 1. The van der Waals surface area contributed by atoms with Gasteiger partial charge in [0, 0.05) is 16.9 Å². The minimum absolute atomic E-state index is 0.194. The third-order valence-corrected chi connectivity index (χ3v) is 3.87. The highest BCUT2D eigenvalue weighted by Gasteiger charge is 2.16. The molecule has 0 fully saturated rings. The first-order valence-electron chi connectivity index (χ1n) is 7.02. The van der Waals surface area contributed by atoms with Gasteiger partial charge in [-0.15, -0.1) is 0 Å². The monoisotopic (exact) mass is 332 g/mol. The van der Waals surface area contributed by atoms with Crippen molar-refractivity contribution >= 4 is 15.9 Å². The van der Waals surface area contributed by atoms with Gasteiger partial charge in [0.05, 0.1) is 6.04 Å². The number of nitrogens with zero attached hydrogens (tertiary/aromatic N) is 1. The van der Waals surface area contributed by atoms with Crippen LogP contribution in [0.3, 0.4) is 0 Å². The van der Waals surface area contributed by atoms with Gasteiger partial charge in [0.2, 0.25) is 0 Å². The van der Waals surface area contributed by atoms with E-state index >= 15 is 0 Å². The van der Waals surface area contributed by atoms with Crippen LogP contribution in [0.1, 0.15) is 41.6 Å². The highest BCUT2D eigenvalue weighted by molar-refractivity contribution is 9.10. The number of nitrogens with one attached hydrogen (secondary N) is 1. The summed E-state index contributed by atoms with van der Waals surface area (Å²) >= 11 is 3.58. The fraction of sp³-hybridized carbons (Fsp3) is 0.353. The maximum atomic E-state index is 4.34. The molecule has 20 heavy (non-hydrogen) atoms. The fourth-order valence-electron chi connectivity index (χ4n) is 2.35. The van der Waals surface area contributed by atoms with E-state index in [1.165, 1.54) is 22.3 Å². The Balaban J connectivity index is 2.44. The van der Waals surface area contributed by atoms with Crippen molar-refractivity contribution in [3.63, 3.8) is 0 Å². The van der Waals surface area contributed by atoms with Crippen molar-refractivity contribution in [1.29, 1.82) is 0 Å². The second-order valence-electron chi connectivity index (χ2n) is 5.18. The molecule has 1 N–H and O–H groups in total. The van der Waals surface area contributed by atoms with E-state index in [1.807, 2.05) is 12.4 Å². The maximum Gasteiger partial charge on any atom is 0.0595 e. The van der Waals surface area contributed by atoms with Gasteiger partial charge < -0.3 is 5.32 Å². The first-order chi connectivity index (χ1) is 9.61. The minimum atomic E-state index is 0.194. The van der Waals surface area contributed by atoms with Gasteiger partial charge in [-0.25, -0.2) is 0 Å². The number of benzene rings is 1. The van der Waals surface area contributed by atoms with Crippen molar-refractivity contribution in [3.8, 4) is 0 Å². The van der Waals surface area contributed by atoms with Crippen molar-refractivity contribution < 1.29 is 0 Å². The average Bonchev–Trinajstić information content (AvgIpc) is 2.43. The summed E-state index contributed by atoms with van der Waals surface area (Å²) in [7, 11) is 0. The highest BCUT2D eigenvalue weighted by Crippen LogP contribution is 2.27. The third-order valence-electron chi connectivity index (χ3n) is 3.38. The molecule has 1 unspecified atom stereocenters. The molecule has 2 rings (SSSR count). The van der Waals surface area contributed by atoms with Crippen LogP contribution in [-0.4, -0.2) is 11.5 Å². The van der Waals surface area contributed by atoms with Gasteiger partial charge in [-0.2, -0.15) is 0 Å². The summed E-state index contributed by atoms with van der Waals surface area (Å²) in [6.07, 6.45) is 4.97. The molecule has 0 saturated heterocycles. The third kappa shape index (κ3) is 3.68. The lowest BCUT2D eigenvalue weighted by Gasteiger charge is -2.22. The average molecular weight is 333 g/mol. The molecule has 106 valence electrons. The lowest BCUT2D eigenvalue weighted by atomic mass is 9.95. The molecule has 0 bridgehead atoms. The van der Waals surface area contributed by atoms with E-state index in [-0.39, 0.29) is 6.04 Å². The second kappa shape index (κ2) is 7.00. The molecule has 0 aliphatic rings. The number of rotatable bonds is 5. The van der Waals surface area contributed by atoms with Gasteiger partial charge in [-0.3, -0.25) is 4.98 Å². The minimum Gasteiger partial charge on any atom is -0.306 e. The first-order valence-corrected chi connectivity index (χ1v) is 7.82. The van der Waals surface area contributed by atoms with Gasteiger partial charge in [-0.05, 0) is 61.2 Å². The van der Waals surface area contributed by atoms with Crippen LogP contribution >= 0.6 is 15.9 Å². The van der Waals surface area contributed by atoms with E-state index in [4.69, 9.17) is 0 Å². The molecule has 1 atom stereocenters. The van der Waals surface area contributed by atoms with E-state index in [1.54, 1.807) is 0 Å². The largest absolute Gasteiger partial charge is 0.306 e. The van der Waals surface area contributed by atoms with Gasteiger partial charge in [0.25, 0.3) is 0 Å². The summed E-state index contributed by atoms with van der Waals surface area (Å²) in [4.78, 5) is 4.34. The number of pyridine rings is 1. The van der Waals surface area contributed by atoms with Crippen LogP contribution in [0, 0.1) is 13.8 Å². The molecule has 1 aromatic carbocycles. The van der Waals surface area contributed by atoms with Crippen LogP contribution < -0.4 is 5.32 Å². The molecule has 0 radical (unpaired) electrons. The van der Waals surface area contributed by atoms with E-state index < -0.39 is 0 Å². The first kappa shape index (κ1) is 15.2. The van der Waals surface area contributed by atoms with Crippen LogP contribution in [0.15, 0.2) is 41.1 Å².